The molecule has 22 heavy (non-hydrogen) atoms. The predicted molar refractivity (Wildman–Crippen MR) is 85.3 cm³/mol. The monoisotopic (exact) mass is 316 g/mol. The first-order valence-corrected chi connectivity index (χ1v) is 7.70. The maximum absolute atomic E-state index is 12.7. The third-order valence-corrected chi connectivity index (χ3v) is 3.95. The molecule has 5 heteroatoms. The maximum atomic E-state index is 12.7. The number of amides is 1. The summed E-state index contributed by atoms with van der Waals surface area (Å²) in [5, 5.41) is 0.647. The van der Waals surface area contributed by atoms with Gasteiger partial charge in [0.1, 0.15) is 12.4 Å². The Morgan fingerprint density at radius 3 is 3.05 bits per heavy atom. The van der Waals surface area contributed by atoms with E-state index in [0.717, 1.165) is 23.4 Å². The summed E-state index contributed by atoms with van der Waals surface area (Å²) >= 11 is 6.05. The minimum Gasteiger partial charge on any atom is -0.491 e. The number of ether oxygens (including phenoxy) is 1. The highest BCUT2D eigenvalue weighted by atomic mass is 35.5. The molecule has 0 saturated heterocycles. The molecule has 0 saturated carbocycles. The summed E-state index contributed by atoms with van der Waals surface area (Å²) < 4.78 is 5.70. The Balaban J connectivity index is 1.86. The van der Waals surface area contributed by atoms with Crippen LogP contribution in [0.2, 0.25) is 5.02 Å². The number of aromatic nitrogens is 1. The number of benzene rings is 1. The van der Waals surface area contributed by atoms with Crippen molar-refractivity contribution in [3.8, 4) is 5.75 Å². The Kier molecular flexibility index (Phi) is 4.29. The lowest BCUT2D eigenvalue weighted by Crippen LogP contribution is -2.32. The summed E-state index contributed by atoms with van der Waals surface area (Å²) in [4.78, 5) is 18.8. The second-order valence-electron chi connectivity index (χ2n) is 5.22. The van der Waals surface area contributed by atoms with Gasteiger partial charge in [0, 0.05) is 34.6 Å². The molecule has 1 amide bonds. The van der Waals surface area contributed by atoms with E-state index in [0.29, 0.717) is 30.3 Å². The van der Waals surface area contributed by atoms with Crippen molar-refractivity contribution in [2.75, 3.05) is 13.2 Å². The van der Waals surface area contributed by atoms with Crippen LogP contribution >= 0.6 is 11.6 Å². The number of aryl methyl sites for hydroxylation is 1. The molecule has 1 aliphatic rings. The highest BCUT2D eigenvalue weighted by Gasteiger charge is 2.21. The van der Waals surface area contributed by atoms with Crippen LogP contribution in [0.5, 0.6) is 5.75 Å². The van der Waals surface area contributed by atoms with Gasteiger partial charge in [-0.05, 0) is 36.8 Å². The number of nitrogens with zero attached hydrogens (tertiary/aromatic N) is 2. The standard InChI is InChI=1S/C17H17ClN2O2/c1-2-15-10-12(5-6-19-15)17(21)20-7-8-22-16-4-3-14(18)9-13(16)11-20/h3-6,9-10H,2,7-8,11H2,1H3. The molecule has 2 aromatic rings. The van der Waals surface area contributed by atoms with Crippen molar-refractivity contribution >= 4 is 17.5 Å². The van der Waals surface area contributed by atoms with Crippen molar-refractivity contribution in [2.45, 2.75) is 19.9 Å². The SMILES string of the molecule is CCc1cc(C(=O)N2CCOc3ccc(Cl)cc3C2)ccn1. The number of hydrogen-bond donors (Lipinski definition) is 0. The van der Waals surface area contributed by atoms with E-state index in [1.54, 1.807) is 23.2 Å². The summed E-state index contributed by atoms with van der Waals surface area (Å²) in [7, 11) is 0. The first-order chi connectivity index (χ1) is 10.7. The van der Waals surface area contributed by atoms with Crippen LogP contribution in [0.1, 0.15) is 28.5 Å². The first-order valence-electron chi connectivity index (χ1n) is 7.33. The minimum absolute atomic E-state index is 0.00599. The second kappa shape index (κ2) is 6.36. The lowest BCUT2D eigenvalue weighted by molar-refractivity contribution is 0.0733. The highest BCUT2D eigenvalue weighted by molar-refractivity contribution is 6.30. The molecule has 0 atom stereocenters. The van der Waals surface area contributed by atoms with Gasteiger partial charge in [-0.15, -0.1) is 0 Å². The fourth-order valence-corrected chi connectivity index (χ4v) is 2.72. The molecule has 1 aliphatic heterocycles. The van der Waals surface area contributed by atoms with Crippen LogP contribution < -0.4 is 4.74 Å². The Hall–Kier alpha value is -2.07. The molecule has 0 N–H and O–H groups in total. The molecule has 0 spiro atoms. The average molecular weight is 317 g/mol. The van der Waals surface area contributed by atoms with Gasteiger partial charge in [-0.3, -0.25) is 9.78 Å². The largest absolute Gasteiger partial charge is 0.491 e. The molecule has 114 valence electrons. The highest BCUT2D eigenvalue weighted by Crippen LogP contribution is 2.27. The van der Waals surface area contributed by atoms with Crippen molar-refractivity contribution in [3.63, 3.8) is 0 Å². The fourth-order valence-electron chi connectivity index (χ4n) is 2.52. The molecule has 2 heterocycles. The van der Waals surface area contributed by atoms with Gasteiger partial charge >= 0.3 is 0 Å². The molecule has 0 unspecified atom stereocenters. The van der Waals surface area contributed by atoms with Crippen LogP contribution in [0.25, 0.3) is 0 Å². The quantitative estimate of drug-likeness (QED) is 0.853. The summed E-state index contributed by atoms with van der Waals surface area (Å²) in [5.74, 6) is 0.789. The van der Waals surface area contributed by atoms with Gasteiger partial charge in [-0.2, -0.15) is 0 Å². The first kappa shape index (κ1) is 14.9. The summed E-state index contributed by atoms with van der Waals surface area (Å²) in [6.07, 6.45) is 2.49. The van der Waals surface area contributed by atoms with Gasteiger partial charge in [0.25, 0.3) is 5.91 Å². The molecule has 0 fully saturated rings. The van der Waals surface area contributed by atoms with Crippen LogP contribution in [0, 0.1) is 0 Å². The van der Waals surface area contributed by atoms with E-state index in [-0.39, 0.29) is 5.91 Å². The zero-order valence-corrected chi connectivity index (χ0v) is 13.1. The Bertz CT molecular complexity index is 703. The van der Waals surface area contributed by atoms with E-state index < -0.39 is 0 Å². The molecule has 3 rings (SSSR count). The van der Waals surface area contributed by atoms with E-state index in [4.69, 9.17) is 16.3 Å². The van der Waals surface area contributed by atoms with Crippen molar-refractivity contribution < 1.29 is 9.53 Å². The minimum atomic E-state index is -0.00599. The number of carbonyl (C=O) groups is 1. The van der Waals surface area contributed by atoms with Crippen LogP contribution in [-0.4, -0.2) is 28.9 Å². The molecule has 1 aromatic heterocycles. The van der Waals surface area contributed by atoms with Gasteiger partial charge in [-0.25, -0.2) is 0 Å². The number of hydrogen-bond acceptors (Lipinski definition) is 3. The van der Waals surface area contributed by atoms with E-state index in [9.17, 15) is 4.79 Å². The normalized spacial score (nSPS) is 14.0. The molecule has 0 bridgehead atoms. The van der Waals surface area contributed by atoms with Gasteiger partial charge in [0.05, 0.1) is 6.54 Å². The van der Waals surface area contributed by atoms with Crippen LogP contribution in [0.4, 0.5) is 0 Å². The molecule has 0 aliphatic carbocycles. The zero-order chi connectivity index (χ0) is 15.5. The molecule has 1 aromatic carbocycles. The summed E-state index contributed by atoms with van der Waals surface area (Å²) in [6.45, 7) is 3.55. The average Bonchev–Trinajstić information content (AvgIpc) is 2.76. The van der Waals surface area contributed by atoms with Gasteiger partial charge in [0.2, 0.25) is 0 Å². The van der Waals surface area contributed by atoms with Crippen molar-refractivity contribution in [1.82, 2.24) is 9.88 Å². The smallest absolute Gasteiger partial charge is 0.254 e. The van der Waals surface area contributed by atoms with Crippen LogP contribution in [0.3, 0.4) is 0 Å². The lowest BCUT2D eigenvalue weighted by Gasteiger charge is -2.20. The fraction of sp³-hybridized carbons (Fsp3) is 0.294. The lowest BCUT2D eigenvalue weighted by atomic mass is 10.1. The third kappa shape index (κ3) is 3.07. The van der Waals surface area contributed by atoms with E-state index in [1.165, 1.54) is 0 Å². The van der Waals surface area contributed by atoms with E-state index >= 15 is 0 Å². The van der Waals surface area contributed by atoms with E-state index in [1.807, 2.05) is 25.1 Å². The number of pyridine rings is 1. The van der Waals surface area contributed by atoms with Gasteiger partial charge in [0.15, 0.2) is 0 Å². The van der Waals surface area contributed by atoms with E-state index in [2.05, 4.69) is 4.98 Å². The molecular formula is C17H17ClN2O2. The summed E-state index contributed by atoms with van der Waals surface area (Å²) in [5.41, 5.74) is 2.51. The van der Waals surface area contributed by atoms with Crippen molar-refractivity contribution in [2.24, 2.45) is 0 Å². The second-order valence-corrected chi connectivity index (χ2v) is 5.65. The van der Waals surface area contributed by atoms with Crippen LogP contribution in [0.15, 0.2) is 36.5 Å². The van der Waals surface area contributed by atoms with Crippen molar-refractivity contribution in [3.05, 3.63) is 58.4 Å². The Morgan fingerprint density at radius 2 is 2.23 bits per heavy atom. The predicted octanol–water partition coefficient (Wildman–Crippen LogP) is 3.33. The van der Waals surface area contributed by atoms with Crippen molar-refractivity contribution in [1.29, 1.82) is 0 Å². The summed E-state index contributed by atoms with van der Waals surface area (Å²) in [6, 6.07) is 9.12. The number of halogens is 1. The Morgan fingerprint density at radius 1 is 1.36 bits per heavy atom. The third-order valence-electron chi connectivity index (χ3n) is 3.72. The van der Waals surface area contributed by atoms with Crippen LogP contribution in [-0.2, 0) is 13.0 Å². The molecular weight excluding hydrogens is 300 g/mol. The molecule has 0 radical (unpaired) electrons. The number of carbonyl (C=O) groups excluding carboxylic acids is 1. The Labute approximate surface area is 134 Å². The molecule has 4 nitrogen and oxygen atoms in total. The zero-order valence-electron chi connectivity index (χ0n) is 12.4. The van der Waals surface area contributed by atoms with Gasteiger partial charge < -0.3 is 9.64 Å². The maximum Gasteiger partial charge on any atom is 0.254 e. The number of rotatable bonds is 2. The van der Waals surface area contributed by atoms with Gasteiger partial charge in [-0.1, -0.05) is 18.5 Å². The number of fused-ring (bicyclic) bond motifs is 1. The topological polar surface area (TPSA) is 42.4 Å².